The van der Waals surface area contributed by atoms with Gasteiger partial charge in [-0.1, -0.05) is 0 Å². The van der Waals surface area contributed by atoms with Crippen molar-refractivity contribution in [3.63, 3.8) is 0 Å². The SMILES string of the molecule is COC(=O)C(C)(C)C(O[Si](C)(C)C)c1ccco1. The van der Waals surface area contributed by atoms with E-state index in [1.165, 1.54) is 7.11 Å². The minimum absolute atomic E-state index is 0.304. The zero-order valence-electron chi connectivity index (χ0n) is 11.9. The van der Waals surface area contributed by atoms with Gasteiger partial charge >= 0.3 is 5.97 Å². The summed E-state index contributed by atoms with van der Waals surface area (Å²) in [6.07, 6.45) is 1.16. The van der Waals surface area contributed by atoms with Gasteiger partial charge in [0.1, 0.15) is 11.9 Å². The smallest absolute Gasteiger partial charge is 0.314 e. The van der Waals surface area contributed by atoms with Gasteiger partial charge in [-0.25, -0.2) is 0 Å². The van der Waals surface area contributed by atoms with Crippen LogP contribution in [0.15, 0.2) is 22.8 Å². The lowest BCUT2D eigenvalue weighted by molar-refractivity contribution is -0.157. The maximum Gasteiger partial charge on any atom is 0.314 e. The van der Waals surface area contributed by atoms with Crippen LogP contribution in [0.2, 0.25) is 19.6 Å². The van der Waals surface area contributed by atoms with Gasteiger partial charge < -0.3 is 13.6 Å². The van der Waals surface area contributed by atoms with Gasteiger partial charge in [0.25, 0.3) is 0 Å². The number of ether oxygens (including phenoxy) is 1. The van der Waals surface area contributed by atoms with E-state index in [2.05, 4.69) is 19.6 Å². The fourth-order valence-electron chi connectivity index (χ4n) is 1.73. The summed E-state index contributed by atoms with van der Waals surface area (Å²) >= 11 is 0. The number of furan rings is 1. The molecule has 0 spiro atoms. The van der Waals surface area contributed by atoms with E-state index in [-0.39, 0.29) is 5.97 Å². The lowest BCUT2D eigenvalue weighted by Gasteiger charge is -2.34. The van der Waals surface area contributed by atoms with Crippen LogP contribution in [-0.2, 0) is 14.0 Å². The summed E-state index contributed by atoms with van der Waals surface area (Å²) in [7, 11) is -0.426. The van der Waals surface area contributed by atoms with E-state index in [4.69, 9.17) is 13.6 Å². The Morgan fingerprint density at radius 1 is 1.39 bits per heavy atom. The van der Waals surface area contributed by atoms with Gasteiger partial charge in [0.05, 0.1) is 18.8 Å². The second-order valence-corrected chi connectivity index (χ2v) is 10.3. The predicted octanol–water partition coefficient (Wildman–Crippen LogP) is 3.37. The van der Waals surface area contributed by atoms with Gasteiger partial charge in [-0.05, 0) is 45.6 Å². The van der Waals surface area contributed by atoms with Crippen LogP contribution in [0, 0.1) is 5.41 Å². The second-order valence-electron chi connectivity index (χ2n) is 5.84. The molecule has 1 unspecified atom stereocenters. The first-order chi connectivity index (χ1) is 8.18. The molecule has 0 bridgehead atoms. The highest BCUT2D eigenvalue weighted by Gasteiger charge is 2.43. The van der Waals surface area contributed by atoms with E-state index in [0.29, 0.717) is 5.76 Å². The standard InChI is InChI=1S/C13H22O4Si/c1-13(2,12(14)15-3)11(17-18(4,5)6)10-8-7-9-16-10/h7-9,11H,1-6H3. The van der Waals surface area contributed by atoms with Gasteiger partial charge in [0, 0.05) is 0 Å². The van der Waals surface area contributed by atoms with Crippen LogP contribution in [0.1, 0.15) is 25.7 Å². The lowest BCUT2D eigenvalue weighted by Crippen LogP contribution is -2.39. The summed E-state index contributed by atoms with van der Waals surface area (Å²) in [5, 5.41) is 0. The topological polar surface area (TPSA) is 48.7 Å². The minimum Gasteiger partial charge on any atom is -0.469 e. The first-order valence-electron chi connectivity index (χ1n) is 5.98. The van der Waals surface area contributed by atoms with Crippen molar-refractivity contribution in [3.8, 4) is 0 Å². The summed E-state index contributed by atoms with van der Waals surface area (Å²) in [5.41, 5.74) is -0.785. The highest BCUT2D eigenvalue weighted by atomic mass is 28.4. The Labute approximate surface area is 109 Å². The third kappa shape index (κ3) is 3.46. The Hall–Kier alpha value is -1.07. The molecule has 0 amide bonds. The number of methoxy groups -OCH3 is 1. The Morgan fingerprint density at radius 2 is 2.00 bits per heavy atom. The maximum atomic E-state index is 11.9. The molecule has 0 fully saturated rings. The molecular weight excluding hydrogens is 248 g/mol. The van der Waals surface area contributed by atoms with Crippen molar-refractivity contribution in [2.45, 2.75) is 39.6 Å². The third-order valence-corrected chi connectivity index (χ3v) is 3.58. The van der Waals surface area contributed by atoms with Gasteiger partial charge in [-0.2, -0.15) is 0 Å². The molecule has 0 radical (unpaired) electrons. The van der Waals surface area contributed by atoms with E-state index >= 15 is 0 Å². The van der Waals surface area contributed by atoms with Crippen molar-refractivity contribution in [2.24, 2.45) is 5.41 Å². The average Bonchev–Trinajstić information content (AvgIpc) is 2.76. The molecule has 1 rings (SSSR count). The molecule has 0 aliphatic carbocycles. The van der Waals surface area contributed by atoms with E-state index in [9.17, 15) is 4.79 Å². The molecule has 1 heterocycles. The average molecular weight is 270 g/mol. The van der Waals surface area contributed by atoms with Crippen molar-refractivity contribution in [3.05, 3.63) is 24.2 Å². The monoisotopic (exact) mass is 270 g/mol. The Balaban J connectivity index is 3.09. The van der Waals surface area contributed by atoms with E-state index in [0.717, 1.165) is 0 Å². The third-order valence-electron chi connectivity index (χ3n) is 2.64. The molecule has 0 saturated heterocycles. The van der Waals surface area contributed by atoms with E-state index in [1.54, 1.807) is 12.3 Å². The number of carbonyl (C=O) groups is 1. The van der Waals surface area contributed by atoms with Crippen LogP contribution in [0.3, 0.4) is 0 Å². The fourth-order valence-corrected chi connectivity index (χ4v) is 2.84. The highest BCUT2D eigenvalue weighted by molar-refractivity contribution is 6.69. The van der Waals surface area contributed by atoms with Crippen molar-refractivity contribution in [1.29, 1.82) is 0 Å². The summed E-state index contributed by atoms with van der Waals surface area (Å²) in [4.78, 5) is 11.9. The molecule has 4 nitrogen and oxygen atoms in total. The largest absolute Gasteiger partial charge is 0.469 e. The molecule has 1 aromatic rings. The van der Waals surface area contributed by atoms with Crippen LogP contribution in [-0.4, -0.2) is 21.4 Å². The number of carbonyl (C=O) groups excluding carboxylic acids is 1. The van der Waals surface area contributed by atoms with Crippen LogP contribution in [0.4, 0.5) is 0 Å². The van der Waals surface area contributed by atoms with Crippen LogP contribution >= 0.6 is 0 Å². The summed E-state index contributed by atoms with van der Waals surface area (Å²) in [5.74, 6) is 0.356. The van der Waals surface area contributed by atoms with Crippen molar-refractivity contribution < 1.29 is 18.4 Å². The first-order valence-corrected chi connectivity index (χ1v) is 9.39. The Bertz CT molecular complexity index is 390. The quantitative estimate of drug-likeness (QED) is 0.608. The normalized spacial score (nSPS) is 14.3. The molecule has 0 aromatic carbocycles. The van der Waals surface area contributed by atoms with E-state index in [1.807, 2.05) is 19.9 Å². The van der Waals surface area contributed by atoms with Crippen LogP contribution < -0.4 is 0 Å². The molecule has 0 N–H and O–H groups in total. The van der Waals surface area contributed by atoms with Crippen LogP contribution in [0.5, 0.6) is 0 Å². The lowest BCUT2D eigenvalue weighted by atomic mass is 9.85. The zero-order chi connectivity index (χ0) is 14.0. The van der Waals surface area contributed by atoms with Crippen molar-refractivity contribution in [2.75, 3.05) is 7.11 Å². The van der Waals surface area contributed by atoms with Gasteiger partial charge in [-0.3, -0.25) is 4.79 Å². The molecule has 0 aliphatic heterocycles. The van der Waals surface area contributed by atoms with Crippen molar-refractivity contribution >= 4 is 14.3 Å². The predicted molar refractivity (Wildman–Crippen MR) is 71.7 cm³/mol. The van der Waals surface area contributed by atoms with Gasteiger partial charge in [0.15, 0.2) is 8.32 Å². The van der Waals surface area contributed by atoms with Gasteiger partial charge in [0.2, 0.25) is 0 Å². The molecule has 5 heteroatoms. The Morgan fingerprint density at radius 3 is 2.39 bits per heavy atom. The fraction of sp³-hybridized carbons (Fsp3) is 0.615. The molecule has 102 valence electrons. The van der Waals surface area contributed by atoms with Gasteiger partial charge in [-0.15, -0.1) is 0 Å². The number of hydrogen-bond acceptors (Lipinski definition) is 4. The summed E-state index contributed by atoms with van der Waals surface area (Å²) < 4.78 is 16.4. The minimum atomic E-state index is -1.81. The highest BCUT2D eigenvalue weighted by Crippen LogP contribution is 2.39. The molecular formula is C13H22O4Si. The molecule has 0 aliphatic rings. The number of esters is 1. The summed E-state index contributed by atoms with van der Waals surface area (Å²) in [6, 6.07) is 3.62. The Kier molecular flexibility index (Phi) is 4.40. The van der Waals surface area contributed by atoms with E-state index < -0.39 is 19.8 Å². The zero-order valence-corrected chi connectivity index (χ0v) is 12.9. The number of rotatable bonds is 5. The van der Waals surface area contributed by atoms with Crippen LogP contribution in [0.25, 0.3) is 0 Å². The molecule has 18 heavy (non-hydrogen) atoms. The maximum absolute atomic E-state index is 11.9. The number of hydrogen-bond donors (Lipinski definition) is 0. The molecule has 0 saturated carbocycles. The second kappa shape index (κ2) is 5.28. The molecule has 1 aromatic heterocycles. The molecule has 1 atom stereocenters. The summed E-state index contributed by atoms with van der Waals surface area (Å²) in [6.45, 7) is 9.86. The van der Waals surface area contributed by atoms with Crippen molar-refractivity contribution in [1.82, 2.24) is 0 Å². The first kappa shape index (κ1) is 15.0.